The second-order valence-electron chi connectivity index (χ2n) is 5.61. The maximum absolute atomic E-state index is 3.80. The van der Waals surface area contributed by atoms with Crippen molar-refractivity contribution in [3.05, 3.63) is 55.0 Å². The van der Waals surface area contributed by atoms with E-state index in [1.54, 1.807) is 0 Å². The molecule has 0 spiro atoms. The zero-order valence-corrected chi connectivity index (χ0v) is 13.0. The van der Waals surface area contributed by atoms with Crippen molar-refractivity contribution in [1.29, 1.82) is 0 Å². The first-order valence-electron chi connectivity index (χ1n) is 8.41. The Kier molecular flexibility index (Phi) is 11.0. The molecule has 1 aromatic carbocycles. The molecule has 0 aromatic heterocycles. The SMILES string of the molecule is [CH2]C/C=C/CCCCCCCCCCc1ccccc1. The third-order valence-corrected chi connectivity index (χ3v) is 3.76. The summed E-state index contributed by atoms with van der Waals surface area (Å²) >= 11 is 0. The van der Waals surface area contributed by atoms with Crippen LogP contribution in [0.3, 0.4) is 0 Å². The van der Waals surface area contributed by atoms with Gasteiger partial charge in [0.15, 0.2) is 0 Å². The van der Waals surface area contributed by atoms with Gasteiger partial charge < -0.3 is 0 Å². The molecule has 0 aliphatic heterocycles. The summed E-state index contributed by atoms with van der Waals surface area (Å²) in [6.07, 6.45) is 19.0. The Morgan fingerprint density at radius 1 is 0.700 bits per heavy atom. The fraction of sp³-hybridized carbons (Fsp3) is 0.550. The largest absolute Gasteiger partial charge is 0.0885 e. The Balaban J connectivity index is 1.80. The predicted octanol–water partition coefficient (Wildman–Crippen LogP) is 6.52. The molecule has 1 rings (SSSR count). The van der Waals surface area contributed by atoms with Crippen molar-refractivity contribution < 1.29 is 0 Å². The van der Waals surface area contributed by atoms with E-state index in [0.717, 1.165) is 6.42 Å². The van der Waals surface area contributed by atoms with Gasteiger partial charge in [-0.15, -0.1) is 0 Å². The van der Waals surface area contributed by atoms with Gasteiger partial charge >= 0.3 is 0 Å². The number of rotatable bonds is 12. The van der Waals surface area contributed by atoms with Crippen molar-refractivity contribution in [1.82, 2.24) is 0 Å². The summed E-state index contributed by atoms with van der Waals surface area (Å²) in [6.45, 7) is 3.80. The van der Waals surface area contributed by atoms with E-state index in [4.69, 9.17) is 0 Å². The highest BCUT2D eigenvalue weighted by molar-refractivity contribution is 5.14. The highest BCUT2D eigenvalue weighted by atomic mass is 14.0. The maximum Gasteiger partial charge on any atom is -0.0279 e. The van der Waals surface area contributed by atoms with Crippen molar-refractivity contribution in [2.45, 2.75) is 70.6 Å². The van der Waals surface area contributed by atoms with E-state index in [9.17, 15) is 0 Å². The third kappa shape index (κ3) is 9.83. The van der Waals surface area contributed by atoms with Gasteiger partial charge in [0.05, 0.1) is 0 Å². The fourth-order valence-corrected chi connectivity index (χ4v) is 2.53. The highest BCUT2D eigenvalue weighted by Gasteiger charge is 1.94. The molecular formula is C20H31. The van der Waals surface area contributed by atoms with E-state index in [0.29, 0.717) is 0 Å². The van der Waals surface area contributed by atoms with E-state index in [1.165, 1.54) is 69.8 Å². The summed E-state index contributed by atoms with van der Waals surface area (Å²) < 4.78 is 0. The molecule has 1 aromatic rings. The van der Waals surface area contributed by atoms with Crippen LogP contribution in [-0.2, 0) is 6.42 Å². The molecule has 0 saturated carbocycles. The van der Waals surface area contributed by atoms with Crippen LogP contribution in [0.1, 0.15) is 69.8 Å². The van der Waals surface area contributed by atoms with Crippen LogP contribution in [0.5, 0.6) is 0 Å². The minimum Gasteiger partial charge on any atom is -0.0885 e. The van der Waals surface area contributed by atoms with Gasteiger partial charge in [-0.25, -0.2) is 0 Å². The molecule has 0 heteroatoms. The van der Waals surface area contributed by atoms with Crippen LogP contribution in [0, 0.1) is 6.92 Å². The Bertz CT molecular complexity index is 323. The molecule has 0 bridgehead atoms. The van der Waals surface area contributed by atoms with Gasteiger partial charge in [0, 0.05) is 0 Å². The average Bonchev–Trinajstić information content (AvgIpc) is 2.49. The van der Waals surface area contributed by atoms with Crippen LogP contribution in [0.15, 0.2) is 42.5 Å². The fourth-order valence-electron chi connectivity index (χ4n) is 2.53. The number of hydrogen-bond donors (Lipinski definition) is 0. The molecule has 0 nitrogen and oxygen atoms in total. The first-order valence-corrected chi connectivity index (χ1v) is 8.41. The molecule has 1 radical (unpaired) electrons. The highest BCUT2D eigenvalue weighted by Crippen LogP contribution is 2.12. The van der Waals surface area contributed by atoms with Gasteiger partial charge in [0.1, 0.15) is 0 Å². The van der Waals surface area contributed by atoms with Gasteiger partial charge in [0.25, 0.3) is 0 Å². The molecule has 0 atom stereocenters. The standard InChI is InChI=1S/C20H31/c1-2-3-4-5-6-7-8-9-10-11-12-14-17-20-18-15-13-16-19-20/h3-4,13,15-16,18-19H,1-2,5-12,14,17H2/b4-3+. The van der Waals surface area contributed by atoms with Crippen LogP contribution in [-0.4, -0.2) is 0 Å². The number of hydrogen-bond acceptors (Lipinski definition) is 0. The van der Waals surface area contributed by atoms with E-state index in [-0.39, 0.29) is 0 Å². The molecule has 111 valence electrons. The summed E-state index contributed by atoms with van der Waals surface area (Å²) in [5.74, 6) is 0. The lowest BCUT2D eigenvalue weighted by Crippen LogP contribution is -1.86. The van der Waals surface area contributed by atoms with Gasteiger partial charge in [-0.3, -0.25) is 0 Å². The molecule has 0 unspecified atom stereocenters. The van der Waals surface area contributed by atoms with Gasteiger partial charge in [-0.1, -0.05) is 81.0 Å². The lowest BCUT2D eigenvalue weighted by Gasteiger charge is -2.02. The number of benzene rings is 1. The van der Waals surface area contributed by atoms with Crippen LogP contribution < -0.4 is 0 Å². The molecule has 0 amide bonds. The van der Waals surface area contributed by atoms with E-state index < -0.39 is 0 Å². The Morgan fingerprint density at radius 3 is 1.95 bits per heavy atom. The van der Waals surface area contributed by atoms with Crippen LogP contribution in [0.4, 0.5) is 0 Å². The summed E-state index contributed by atoms with van der Waals surface area (Å²) in [6, 6.07) is 10.9. The van der Waals surface area contributed by atoms with E-state index in [1.807, 2.05) is 0 Å². The Morgan fingerprint density at radius 2 is 1.30 bits per heavy atom. The quantitative estimate of drug-likeness (QED) is 0.300. The summed E-state index contributed by atoms with van der Waals surface area (Å²) in [4.78, 5) is 0. The van der Waals surface area contributed by atoms with Crippen molar-refractivity contribution >= 4 is 0 Å². The zero-order chi connectivity index (χ0) is 14.3. The first-order chi connectivity index (χ1) is 9.93. The van der Waals surface area contributed by atoms with Crippen LogP contribution in [0.25, 0.3) is 0 Å². The monoisotopic (exact) mass is 271 g/mol. The summed E-state index contributed by atoms with van der Waals surface area (Å²) in [5.41, 5.74) is 1.49. The lowest BCUT2D eigenvalue weighted by atomic mass is 10.0. The number of aryl methyl sites for hydroxylation is 1. The minimum atomic E-state index is 0.934. The smallest absolute Gasteiger partial charge is 0.0279 e. The van der Waals surface area contributed by atoms with Gasteiger partial charge in [-0.2, -0.15) is 0 Å². The van der Waals surface area contributed by atoms with Crippen LogP contribution >= 0.6 is 0 Å². The second kappa shape index (κ2) is 13.0. The predicted molar refractivity (Wildman–Crippen MR) is 90.8 cm³/mol. The molecule has 0 aliphatic rings. The topological polar surface area (TPSA) is 0 Å². The molecule has 0 N–H and O–H groups in total. The second-order valence-corrected chi connectivity index (χ2v) is 5.61. The maximum atomic E-state index is 3.80. The average molecular weight is 271 g/mol. The van der Waals surface area contributed by atoms with Gasteiger partial charge in [-0.05, 0) is 44.6 Å². The van der Waals surface area contributed by atoms with Crippen molar-refractivity contribution in [3.8, 4) is 0 Å². The summed E-state index contributed by atoms with van der Waals surface area (Å²) in [7, 11) is 0. The first kappa shape index (κ1) is 17.0. The molecule has 0 heterocycles. The van der Waals surface area contributed by atoms with Crippen molar-refractivity contribution in [2.75, 3.05) is 0 Å². The van der Waals surface area contributed by atoms with E-state index >= 15 is 0 Å². The Hall–Kier alpha value is -1.04. The normalized spacial score (nSPS) is 11.2. The number of unbranched alkanes of at least 4 members (excludes halogenated alkanes) is 8. The molecule has 20 heavy (non-hydrogen) atoms. The molecular weight excluding hydrogens is 240 g/mol. The molecule has 0 saturated heterocycles. The molecule has 0 aliphatic carbocycles. The zero-order valence-electron chi connectivity index (χ0n) is 13.0. The Labute approximate surface area is 126 Å². The van der Waals surface area contributed by atoms with Crippen molar-refractivity contribution in [3.63, 3.8) is 0 Å². The van der Waals surface area contributed by atoms with E-state index in [2.05, 4.69) is 49.4 Å². The van der Waals surface area contributed by atoms with Gasteiger partial charge in [0.2, 0.25) is 0 Å². The lowest BCUT2D eigenvalue weighted by molar-refractivity contribution is 0.569. The minimum absolute atomic E-state index is 0.934. The molecule has 0 fully saturated rings. The number of allylic oxidation sites excluding steroid dienone is 2. The third-order valence-electron chi connectivity index (χ3n) is 3.76. The van der Waals surface area contributed by atoms with Crippen LogP contribution in [0.2, 0.25) is 0 Å². The summed E-state index contributed by atoms with van der Waals surface area (Å²) in [5, 5.41) is 0. The van der Waals surface area contributed by atoms with Crippen molar-refractivity contribution in [2.24, 2.45) is 0 Å².